The zero-order chi connectivity index (χ0) is 20.3. The molecule has 3 aromatic rings. The molecule has 0 aliphatic carbocycles. The molecule has 3 rings (SSSR count). The van der Waals surface area contributed by atoms with Crippen LogP contribution in [-0.4, -0.2) is 0 Å². The van der Waals surface area contributed by atoms with E-state index < -0.39 is 0 Å². The first-order valence-corrected chi connectivity index (χ1v) is 10.8. The summed E-state index contributed by atoms with van der Waals surface area (Å²) in [7, 11) is 0. The van der Waals surface area contributed by atoms with Gasteiger partial charge in [0.05, 0.1) is 0 Å². The molecule has 0 aliphatic heterocycles. The van der Waals surface area contributed by atoms with Crippen LogP contribution in [-0.2, 0) is 13.2 Å². The minimum absolute atomic E-state index is 0.501. The second kappa shape index (κ2) is 9.15. The van der Waals surface area contributed by atoms with E-state index in [-0.39, 0.29) is 0 Å². The topological polar surface area (TPSA) is 18.5 Å². The van der Waals surface area contributed by atoms with Gasteiger partial charge in [0.15, 0.2) is 11.5 Å². The Morgan fingerprint density at radius 2 is 1.00 bits per heavy atom. The van der Waals surface area contributed by atoms with E-state index in [1.807, 2.05) is 12.1 Å². The van der Waals surface area contributed by atoms with Crippen LogP contribution in [0.4, 0.5) is 0 Å². The number of aryl methyl sites for hydroxylation is 4. The normalized spacial score (nSPS) is 10.8. The maximum atomic E-state index is 6.16. The summed E-state index contributed by atoms with van der Waals surface area (Å²) in [6.07, 6.45) is 0. The minimum atomic E-state index is 0.501. The van der Waals surface area contributed by atoms with Crippen molar-refractivity contribution in [3.63, 3.8) is 0 Å². The molecule has 28 heavy (non-hydrogen) atoms. The van der Waals surface area contributed by atoms with Crippen molar-refractivity contribution in [2.24, 2.45) is 0 Å². The van der Waals surface area contributed by atoms with Crippen LogP contribution >= 0.6 is 31.9 Å². The smallest absolute Gasteiger partial charge is 0.162 e. The first-order valence-electron chi connectivity index (χ1n) is 9.20. The fourth-order valence-electron chi connectivity index (χ4n) is 2.96. The van der Waals surface area contributed by atoms with E-state index in [0.29, 0.717) is 13.2 Å². The molecule has 4 heteroatoms. The number of halogens is 2. The Kier molecular flexibility index (Phi) is 6.84. The number of hydrogen-bond acceptors (Lipinski definition) is 2. The van der Waals surface area contributed by atoms with E-state index in [9.17, 15) is 0 Å². The van der Waals surface area contributed by atoms with Gasteiger partial charge < -0.3 is 9.47 Å². The third-order valence-corrected chi connectivity index (χ3v) is 6.61. The lowest BCUT2D eigenvalue weighted by molar-refractivity contribution is 0.255. The Hall–Kier alpha value is -1.78. The summed E-state index contributed by atoms with van der Waals surface area (Å²) in [5.74, 6) is 1.45. The lowest BCUT2D eigenvalue weighted by Gasteiger charge is -2.16. The molecule has 3 aromatic carbocycles. The van der Waals surface area contributed by atoms with Crippen LogP contribution in [0.1, 0.15) is 33.4 Å². The number of ether oxygens (including phenoxy) is 2. The molecule has 0 bridgehead atoms. The molecule has 0 N–H and O–H groups in total. The Morgan fingerprint density at radius 3 is 1.39 bits per heavy atom. The first-order chi connectivity index (χ1) is 13.3. The predicted octanol–water partition coefficient (Wildman–Crippen LogP) is 7.60. The van der Waals surface area contributed by atoms with Gasteiger partial charge in [-0.1, -0.05) is 47.5 Å². The molecule has 0 unspecified atom stereocenters. The van der Waals surface area contributed by atoms with Crippen molar-refractivity contribution >= 4 is 31.9 Å². The van der Waals surface area contributed by atoms with Crippen LogP contribution in [0.25, 0.3) is 0 Å². The fraction of sp³-hybridized carbons (Fsp3) is 0.250. The van der Waals surface area contributed by atoms with Gasteiger partial charge in [-0.3, -0.25) is 0 Å². The monoisotopic (exact) mass is 502 g/mol. The van der Waals surface area contributed by atoms with Crippen molar-refractivity contribution in [2.45, 2.75) is 40.9 Å². The van der Waals surface area contributed by atoms with E-state index in [2.05, 4.69) is 96.0 Å². The van der Waals surface area contributed by atoms with Gasteiger partial charge in [-0.15, -0.1) is 0 Å². The summed E-state index contributed by atoms with van der Waals surface area (Å²) >= 11 is 7.13. The highest BCUT2D eigenvalue weighted by Crippen LogP contribution is 2.37. The molecule has 0 aliphatic rings. The van der Waals surface area contributed by atoms with E-state index in [1.54, 1.807) is 0 Å². The molecular formula is C24H24Br2O2. The maximum absolute atomic E-state index is 6.16. The van der Waals surface area contributed by atoms with Crippen LogP contribution in [0.5, 0.6) is 11.5 Å². The van der Waals surface area contributed by atoms with Crippen molar-refractivity contribution in [1.29, 1.82) is 0 Å². The van der Waals surface area contributed by atoms with E-state index in [1.165, 1.54) is 33.4 Å². The molecule has 0 atom stereocenters. The summed E-state index contributed by atoms with van der Waals surface area (Å²) in [4.78, 5) is 0. The van der Waals surface area contributed by atoms with Gasteiger partial charge in [-0.05, 0) is 93.9 Å². The molecule has 2 nitrogen and oxygen atoms in total. The van der Waals surface area contributed by atoms with Crippen LogP contribution in [0.3, 0.4) is 0 Å². The van der Waals surface area contributed by atoms with Gasteiger partial charge in [0.1, 0.15) is 13.2 Å². The van der Waals surface area contributed by atoms with Crippen molar-refractivity contribution in [3.05, 3.63) is 90.9 Å². The lowest BCUT2D eigenvalue weighted by atomic mass is 10.1. The zero-order valence-corrected chi connectivity index (χ0v) is 19.8. The van der Waals surface area contributed by atoms with Gasteiger partial charge >= 0.3 is 0 Å². The highest BCUT2D eigenvalue weighted by molar-refractivity contribution is 9.13. The molecule has 0 saturated heterocycles. The third kappa shape index (κ3) is 5.18. The molecule has 0 heterocycles. The summed E-state index contributed by atoms with van der Waals surface area (Å²) in [6.45, 7) is 9.40. The average Bonchev–Trinajstić information content (AvgIpc) is 2.66. The van der Waals surface area contributed by atoms with E-state index >= 15 is 0 Å². The van der Waals surface area contributed by atoms with Crippen LogP contribution < -0.4 is 9.47 Å². The van der Waals surface area contributed by atoms with Crippen LogP contribution in [0, 0.1) is 27.7 Å². The highest BCUT2D eigenvalue weighted by atomic mass is 79.9. The van der Waals surface area contributed by atoms with Crippen molar-refractivity contribution < 1.29 is 9.47 Å². The molecule has 146 valence electrons. The Labute approximate surface area is 184 Å². The first kappa shape index (κ1) is 20.9. The molecule has 0 amide bonds. The Balaban J connectivity index is 1.81. The fourth-order valence-corrected chi connectivity index (χ4v) is 3.60. The summed E-state index contributed by atoms with van der Waals surface area (Å²) < 4.78 is 14.2. The summed E-state index contributed by atoms with van der Waals surface area (Å²) in [6, 6.07) is 16.7. The van der Waals surface area contributed by atoms with Gasteiger partial charge in [-0.25, -0.2) is 0 Å². The number of benzene rings is 3. The molecule has 0 radical (unpaired) electrons. The van der Waals surface area contributed by atoms with E-state index in [4.69, 9.17) is 9.47 Å². The van der Waals surface area contributed by atoms with Gasteiger partial charge in [0.2, 0.25) is 0 Å². The van der Waals surface area contributed by atoms with Crippen LogP contribution in [0.2, 0.25) is 0 Å². The van der Waals surface area contributed by atoms with Crippen molar-refractivity contribution in [1.82, 2.24) is 0 Å². The molecule has 0 saturated carbocycles. The minimum Gasteiger partial charge on any atom is -0.485 e. The SMILES string of the molecule is Cc1ccc(C)c(COc2cc(Br)c(Br)cc2OCc2cc(C)ccc2C)c1. The second-order valence-corrected chi connectivity index (χ2v) is 8.86. The van der Waals surface area contributed by atoms with Gasteiger partial charge in [-0.2, -0.15) is 0 Å². The third-order valence-electron chi connectivity index (χ3n) is 4.76. The highest BCUT2D eigenvalue weighted by Gasteiger charge is 2.12. The van der Waals surface area contributed by atoms with Gasteiger partial charge in [0, 0.05) is 8.95 Å². The zero-order valence-electron chi connectivity index (χ0n) is 16.6. The predicted molar refractivity (Wildman–Crippen MR) is 122 cm³/mol. The summed E-state index contributed by atoms with van der Waals surface area (Å²) in [5, 5.41) is 0. The van der Waals surface area contributed by atoms with Crippen molar-refractivity contribution in [2.75, 3.05) is 0 Å². The maximum Gasteiger partial charge on any atom is 0.162 e. The van der Waals surface area contributed by atoms with Crippen LogP contribution in [0.15, 0.2) is 57.5 Å². The molecule has 0 aromatic heterocycles. The quantitative estimate of drug-likeness (QED) is 0.344. The largest absolute Gasteiger partial charge is 0.485 e. The molecule has 0 spiro atoms. The van der Waals surface area contributed by atoms with E-state index in [0.717, 1.165) is 20.4 Å². The average molecular weight is 504 g/mol. The number of hydrogen-bond donors (Lipinski definition) is 0. The Bertz CT molecular complexity index is 916. The molecule has 0 fully saturated rings. The molecular weight excluding hydrogens is 480 g/mol. The summed E-state index contributed by atoms with van der Waals surface area (Å²) in [5.41, 5.74) is 7.26. The standard InChI is InChI=1S/C24H24Br2O2/c1-15-5-7-17(3)19(9-15)13-27-23-11-21(25)22(26)12-24(23)28-14-20-10-16(2)6-8-18(20)4/h5-12H,13-14H2,1-4H3. The lowest BCUT2D eigenvalue weighted by Crippen LogP contribution is -2.03. The second-order valence-electron chi connectivity index (χ2n) is 7.15. The van der Waals surface area contributed by atoms with Crippen molar-refractivity contribution in [3.8, 4) is 11.5 Å². The number of rotatable bonds is 6. The Morgan fingerprint density at radius 1 is 0.607 bits per heavy atom. The van der Waals surface area contributed by atoms with Gasteiger partial charge in [0.25, 0.3) is 0 Å².